The fraction of sp³-hybridized carbons (Fsp3) is 0.360. The standard InChI is InChI=1S/C25H28N4O3/c1-16-8-9-18(25(31)29-21-6-3-4-7-22(21)30)13-23(16)32-17(2)19-12-20(15-26-14-19)24-27-10-5-11-28-24/h5,8-15,17,21-22,30H,3-4,6-7H2,1-2H3,(H,29,31)/t17?,21-,22-/m0/s1. The first-order valence-corrected chi connectivity index (χ1v) is 11.0. The third kappa shape index (κ3) is 5.11. The van der Waals surface area contributed by atoms with Gasteiger partial charge in [-0.05, 0) is 56.5 Å². The average Bonchev–Trinajstić information content (AvgIpc) is 2.82. The Morgan fingerprint density at radius 2 is 1.94 bits per heavy atom. The third-order valence-corrected chi connectivity index (χ3v) is 5.85. The molecule has 1 aliphatic rings. The highest BCUT2D eigenvalue weighted by atomic mass is 16.5. The molecule has 2 aromatic heterocycles. The molecule has 1 aliphatic carbocycles. The molecule has 0 saturated heterocycles. The lowest BCUT2D eigenvalue weighted by Gasteiger charge is -2.28. The van der Waals surface area contributed by atoms with Crippen molar-refractivity contribution >= 4 is 5.91 Å². The summed E-state index contributed by atoms with van der Waals surface area (Å²) in [6, 6.07) is 8.95. The Morgan fingerprint density at radius 3 is 2.72 bits per heavy atom. The van der Waals surface area contributed by atoms with Crippen molar-refractivity contribution < 1.29 is 14.6 Å². The summed E-state index contributed by atoms with van der Waals surface area (Å²) in [6.45, 7) is 3.89. The molecule has 2 N–H and O–H groups in total. The maximum Gasteiger partial charge on any atom is 0.251 e. The third-order valence-electron chi connectivity index (χ3n) is 5.85. The molecular formula is C25H28N4O3. The van der Waals surface area contributed by atoms with E-state index in [9.17, 15) is 9.90 Å². The molecule has 1 unspecified atom stereocenters. The van der Waals surface area contributed by atoms with Gasteiger partial charge < -0.3 is 15.2 Å². The van der Waals surface area contributed by atoms with Crippen LogP contribution in [0.5, 0.6) is 5.75 Å². The van der Waals surface area contributed by atoms with Crippen LogP contribution in [0.25, 0.3) is 11.4 Å². The zero-order valence-corrected chi connectivity index (χ0v) is 18.4. The second-order valence-corrected chi connectivity index (χ2v) is 8.25. The Bertz CT molecular complexity index is 1070. The number of aliphatic hydroxyl groups is 1. The van der Waals surface area contributed by atoms with Gasteiger partial charge in [0.2, 0.25) is 0 Å². The van der Waals surface area contributed by atoms with Gasteiger partial charge in [-0.1, -0.05) is 18.9 Å². The van der Waals surface area contributed by atoms with Gasteiger partial charge in [0.1, 0.15) is 11.9 Å². The molecule has 3 atom stereocenters. The summed E-state index contributed by atoms with van der Waals surface area (Å²) >= 11 is 0. The number of carbonyl (C=O) groups is 1. The van der Waals surface area contributed by atoms with Gasteiger partial charge in [-0.15, -0.1) is 0 Å². The number of amides is 1. The number of pyridine rings is 1. The molecule has 166 valence electrons. The number of nitrogens with zero attached hydrogens (tertiary/aromatic N) is 3. The summed E-state index contributed by atoms with van der Waals surface area (Å²) in [4.78, 5) is 25.6. The number of carbonyl (C=O) groups excluding carboxylic acids is 1. The number of nitrogens with one attached hydrogen (secondary N) is 1. The average molecular weight is 433 g/mol. The topological polar surface area (TPSA) is 97.2 Å². The van der Waals surface area contributed by atoms with Crippen LogP contribution in [0.2, 0.25) is 0 Å². The quantitative estimate of drug-likeness (QED) is 0.611. The lowest BCUT2D eigenvalue weighted by Crippen LogP contribution is -2.45. The normalized spacial score (nSPS) is 19.2. The van der Waals surface area contributed by atoms with Gasteiger partial charge in [0.15, 0.2) is 5.82 Å². The molecule has 0 aliphatic heterocycles. The minimum Gasteiger partial charge on any atom is -0.486 e. The number of aliphatic hydroxyl groups excluding tert-OH is 1. The molecule has 3 aromatic rings. The molecule has 4 rings (SSSR count). The van der Waals surface area contributed by atoms with Crippen molar-refractivity contribution in [2.45, 2.75) is 57.8 Å². The number of ether oxygens (including phenoxy) is 1. The summed E-state index contributed by atoms with van der Waals surface area (Å²) < 4.78 is 6.21. The lowest BCUT2D eigenvalue weighted by atomic mass is 9.92. The molecular weight excluding hydrogens is 404 g/mol. The van der Waals surface area contributed by atoms with Crippen molar-refractivity contribution in [1.29, 1.82) is 0 Å². The fourth-order valence-electron chi connectivity index (χ4n) is 3.91. The van der Waals surface area contributed by atoms with Crippen molar-refractivity contribution in [2.75, 3.05) is 0 Å². The Hall–Kier alpha value is -3.32. The van der Waals surface area contributed by atoms with E-state index >= 15 is 0 Å². The number of hydrogen-bond donors (Lipinski definition) is 2. The second kappa shape index (κ2) is 9.87. The summed E-state index contributed by atoms with van der Waals surface area (Å²) in [5.41, 5.74) is 3.14. The summed E-state index contributed by atoms with van der Waals surface area (Å²) in [5.74, 6) is 1.04. The first-order valence-electron chi connectivity index (χ1n) is 11.0. The summed E-state index contributed by atoms with van der Waals surface area (Å²) in [6.07, 6.45) is 9.64. The first-order chi connectivity index (χ1) is 15.5. The predicted octanol–water partition coefficient (Wildman–Crippen LogP) is 4.02. The highest BCUT2D eigenvalue weighted by Gasteiger charge is 2.25. The number of aryl methyl sites for hydroxylation is 1. The van der Waals surface area contributed by atoms with Crippen molar-refractivity contribution in [3.05, 3.63) is 71.8 Å². The second-order valence-electron chi connectivity index (χ2n) is 8.25. The van der Waals surface area contributed by atoms with Crippen molar-refractivity contribution in [1.82, 2.24) is 20.3 Å². The Morgan fingerprint density at radius 1 is 1.16 bits per heavy atom. The maximum absolute atomic E-state index is 12.8. The molecule has 0 radical (unpaired) electrons. The molecule has 7 heteroatoms. The molecule has 0 bridgehead atoms. The molecule has 1 saturated carbocycles. The van der Waals surface area contributed by atoms with Gasteiger partial charge in [-0.2, -0.15) is 0 Å². The van der Waals surface area contributed by atoms with E-state index in [1.54, 1.807) is 43.0 Å². The fourth-order valence-corrected chi connectivity index (χ4v) is 3.91. The molecule has 1 fully saturated rings. The van der Waals surface area contributed by atoms with E-state index in [2.05, 4.69) is 20.3 Å². The van der Waals surface area contributed by atoms with Crippen LogP contribution in [0, 0.1) is 6.92 Å². The van der Waals surface area contributed by atoms with Crippen molar-refractivity contribution in [2.24, 2.45) is 0 Å². The van der Waals surface area contributed by atoms with Crippen LogP contribution >= 0.6 is 0 Å². The van der Waals surface area contributed by atoms with E-state index < -0.39 is 6.10 Å². The summed E-state index contributed by atoms with van der Waals surface area (Å²) in [5, 5.41) is 13.1. The molecule has 0 spiro atoms. The number of aromatic nitrogens is 3. The van der Waals surface area contributed by atoms with Gasteiger partial charge >= 0.3 is 0 Å². The van der Waals surface area contributed by atoms with Crippen LogP contribution in [0.1, 0.15) is 60.2 Å². The monoisotopic (exact) mass is 432 g/mol. The smallest absolute Gasteiger partial charge is 0.251 e. The zero-order valence-electron chi connectivity index (χ0n) is 18.4. The Labute approximate surface area is 187 Å². The molecule has 32 heavy (non-hydrogen) atoms. The van der Waals surface area contributed by atoms with E-state index in [0.29, 0.717) is 17.1 Å². The van der Waals surface area contributed by atoms with Crippen LogP contribution in [0.15, 0.2) is 55.1 Å². The molecule has 2 heterocycles. The van der Waals surface area contributed by atoms with Gasteiger partial charge in [-0.25, -0.2) is 9.97 Å². The van der Waals surface area contributed by atoms with Gasteiger partial charge in [0.05, 0.1) is 12.1 Å². The maximum atomic E-state index is 12.8. The number of rotatable bonds is 6. The van der Waals surface area contributed by atoms with Crippen LogP contribution in [-0.2, 0) is 0 Å². The highest BCUT2D eigenvalue weighted by Crippen LogP contribution is 2.28. The largest absolute Gasteiger partial charge is 0.486 e. The van der Waals surface area contributed by atoms with E-state index in [0.717, 1.165) is 42.4 Å². The molecule has 1 aromatic carbocycles. The molecule has 7 nitrogen and oxygen atoms in total. The Balaban J connectivity index is 1.49. The van der Waals surface area contributed by atoms with Crippen LogP contribution in [0.3, 0.4) is 0 Å². The zero-order chi connectivity index (χ0) is 22.5. The first kappa shape index (κ1) is 21.9. The van der Waals surface area contributed by atoms with E-state index in [1.165, 1.54) is 0 Å². The van der Waals surface area contributed by atoms with Gasteiger partial charge in [0, 0.05) is 41.5 Å². The lowest BCUT2D eigenvalue weighted by molar-refractivity contribution is 0.0717. The van der Waals surface area contributed by atoms with E-state index in [-0.39, 0.29) is 18.1 Å². The van der Waals surface area contributed by atoms with E-state index in [1.807, 2.05) is 26.0 Å². The van der Waals surface area contributed by atoms with Crippen LogP contribution in [-0.4, -0.2) is 38.1 Å². The van der Waals surface area contributed by atoms with Crippen molar-refractivity contribution in [3.8, 4) is 17.1 Å². The highest BCUT2D eigenvalue weighted by molar-refractivity contribution is 5.95. The molecule has 1 amide bonds. The number of benzene rings is 1. The van der Waals surface area contributed by atoms with Crippen LogP contribution < -0.4 is 10.1 Å². The minimum absolute atomic E-state index is 0.196. The van der Waals surface area contributed by atoms with E-state index in [4.69, 9.17) is 4.74 Å². The Kier molecular flexibility index (Phi) is 6.75. The minimum atomic E-state index is -0.484. The summed E-state index contributed by atoms with van der Waals surface area (Å²) in [7, 11) is 0. The van der Waals surface area contributed by atoms with Gasteiger partial charge in [-0.3, -0.25) is 9.78 Å². The number of hydrogen-bond acceptors (Lipinski definition) is 6. The SMILES string of the molecule is Cc1ccc(C(=O)N[C@H]2CCCC[C@@H]2O)cc1OC(C)c1cncc(-c2ncccn2)c1. The van der Waals surface area contributed by atoms with Gasteiger partial charge in [0.25, 0.3) is 5.91 Å². The predicted molar refractivity (Wildman–Crippen MR) is 121 cm³/mol. The van der Waals surface area contributed by atoms with Crippen LogP contribution in [0.4, 0.5) is 0 Å². The van der Waals surface area contributed by atoms with Crippen molar-refractivity contribution in [3.63, 3.8) is 0 Å².